The molecule has 0 saturated heterocycles. The second-order valence-electron chi connectivity index (χ2n) is 4.83. The van der Waals surface area contributed by atoms with E-state index < -0.39 is 12.7 Å². The van der Waals surface area contributed by atoms with E-state index in [9.17, 15) is 4.39 Å². The lowest BCUT2D eigenvalue weighted by atomic mass is 9.99. The van der Waals surface area contributed by atoms with E-state index in [4.69, 9.17) is 5.73 Å². The van der Waals surface area contributed by atoms with Crippen molar-refractivity contribution < 1.29 is 4.39 Å². The zero-order chi connectivity index (χ0) is 13.7. The Balaban J connectivity index is 2.12. The summed E-state index contributed by atoms with van der Waals surface area (Å²) in [5.74, 6) is 0. The third-order valence-corrected chi connectivity index (χ3v) is 3.15. The maximum absolute atomic E-state index is 12.4. The predicted molar refractivity (Wildman–Crippen MR) is 78.9 cm³/mol. The Kier molecular flexibility index (Phi) is 4.63. The summed E-state index contributed by atoms with van der Waals surface area (Å²) in [6.45, 7) is 1.50. The number of alkyl halides is 1. The lowest BCUT2D eigenvalue weighted by molar-refractivity contribution is 0.427. The summed E-state index contributed by atoms with van der Waals surface area (Å²) in [5.41, 5.74) is 10.1. The Morgan fingerprint density at radius 3 is 2.68 bits per heavy atom. The average Bonchev–Trinajstić information content (AvgIpc) is 2.64. The first-order valence-electron chi connectivity index (χ1n) is 6.50. The molecule has 1 aliphatic rings. The maximum atomic E-state index is 12.4. The van der Waals surface area contributed by atoms with E-state index in [0.717, 1.165) is 17.7 Å². The first-order valence-corrected chi connectivity index (χ1v) is 6.50. The van der Waals surface area contributed by atoms with Crippen LogP contribution in [0.15, 0.2) is 47.1 Å². The molecule has 1 atom stereocenters. The number of rotatable bonds is 4. The van der Waals surface area contributed by atoms with Crippen LogP contribution < -0.4 is 5.73 Å². The molecule has 1 heterocycles. The van der Waals surface area contributed by atoms with Crippen LogP contribution in [0.3, 0.4) is 0 Å². The van der Waals surface area contributed by atoms with Crippen molar-refractivity contribution in [2.45, 2.75) is 25.8 Å². The van der Waals surface area contributed by atoms with E-state index in [0.29, 0.717) is 6.42 Å². The van der Waals surface area contributed by atoms with Crippen molar-refractivity contribution >= 4 is 11.8 Å². The van der Waals surface area contributed by atoms with Gasteiger partial charge >= 0.3 is 0 Å². The molecule has 0 amide bonds. The van der Waals surface area contributed by atoms with Crippen LogP contribution >= 0.6 is 0 Å². The number of hydrogen-bond acceptors (Lipinski definition) is 2. The highest BCUT2D eigenvalue weighted by Crippen LogP contribution is 2.21. The van der Waals surface area contributed by atoms with E-state index in [2.05, 4.69) is 23.2 Å². The quantitative estimate of drug-likeness (QED) is 0.884. The summed E-state index contributed by atoms with van der Waals surface area (Å²) in [4.78, 5) is 4.29. The molecule has 19 heavy (non-hydrogen) atoms. The van der Waals surface area contributed by atoms with E-state index in [1.807, 2.05) is 31.3 Å². The summed E-state index contributed by atoms with van der Waals surface area (Å²) >= 11 is 0. The number of aliphatic imine (C=N–C) groups is 1. The average molecular weight is 258 g/mol. The van der Waals surface area contributed by atoms with Gasteiger partial charge in [0.25, 0.3) is 0 Å². The SMILES string of the molecule is CC1=CC=C(c2ccc(CC(N)CF)cc2)CC=N1. The Labute approximate surface area is 113 Å². The van der Waals surface area contributed by atoms with E-state index in [-0.39, 0.29) is 0 Å². The number of nitrogens with zero attached hydrogens (tertiary/aromatic N) is 1. The molecule has 1 aromatic carbocycles. The molecule has 0 saturated carbocycles. The summed E-state index contributed by atoms with van der Waals surface area (Å²) in [5, 5.41) is 0. The first kappa shape index (κ1) is 13.7. The van der Waals surface area contributed by atoms with Gasteiger partial charge in [0.1, 0.15) is 6.67 Å². The topological polar surface area (TPSA) is 38.4 Å². The van der Waals surface area contributed by atoms with Gasteiger partial charge in [-0.2, -0.15) is 0 Å². The lowest BCUT2D eigenvalue weighted by Gasteiger charge is -2.09. The van der Waals surface area contributed by atoms with Crippen LogP contribution in [0.4, 0.5) is 4.39 Å². The smallest absolute Gasteiger partial charge is 0.105 e. The van der Waals surface area contributed by atoms with Crippen molar-refractivity contribution in [3.8, 4) is 0 Å². The summed E-state index contributed by atoms with van der Waals surface area (Å²) < 4.78 is 12.4. The van der Waals surface area contributed by atoms with Gasteiger partial charge in [0.05, 0.1) is 0 Å². The van der Waals surface area contributed by atoms with Gasteiger partial charge in [0.2, 0.25) is 0 Å². The number of halogens is 1. The number of benzene rings is 1. The van der Waals surface area contributed by atoms with Crippen LogP contribution in [0.2, 0.25) is 0 Å². The fourth-order valence-electron chi connectivity index (χ4n) is 2.05. The Hall–Kier alpha value is -1.74. The predicted octanol–water partition coefficient (Wildman–Crippen LogP) is 3.29. The third kappa shape index (κ3) is 3.86. The fourth-order valence-corrected chi connectivity index (χ4v) is 2.05. The molecular weight excluding hydrogens is 239 g/mol. The number of hydrogen-bond donors (Lipinski definition) is 1. The molecule has 2 rings (SSSR count). The highest BCUT2D eigenvalue weighted by Gasteiger charge is 2.05. The molecule has 3 heteroatoms. The van der Waals surface area contributed by atoms with Crippen molar-refractivity contribution in [3.63, 3.8) is 0 Å². The standard InChI is InChI=1S/C16H19FN2/c1-12-2-5-15(8-9-19-12)14-6-3-13(4-7-14)10-16(18)11-17/h2-7,9,16H,8,10-11,18H2,1H3. The van der Waals surface area contributed by atoms with Gasteiger partial charge in [0, 0.05) is 24.4 Å². The largest absolute Gasteiger partial charge is 0.325 e. The van der Waals surface area contributed by atoms with E-state index >= 15 is 0 Å². The van der Waals surface area contributed by atoms with Crippen molar-refractivity contribution in [2.75, 3.05) is 6.67 Å². The molecule has 1 unspecified atom stereocenters. The Morgan fingerprint density at radius 1 is 1.26 bits per heavy atom. The molecule has 2 N–H and O–H groups in total. The molecule has 1 aromatic rings. The highest BCUT2D eigenvalue weighted by molar-refractivity contribution is 5.81. The minimum absolute atomic E-state index is 0.402. The summed E-state index contributed by atoms with van der Waals surface area (Å²) in [6, 6.07) is 7.76. The van der Waals surface area contributed by atoms with Gasteiger partial charge in [-0.3, -0.25) is 4.99 Å². The molecule has 0 aliphatic carbocycles. The zero-order valence-corrected chi connectivity index (χ0v) is 11.1. The molecule has 0 spiro atoms. The van der Waals surface area contributed by atoms with Crippen molar-refractivity contribution in [2.24, 2.45) is 10.7 Å². The Bertz CT molecular complexity index is 512. The molecule has 100 valence electrons. The normalized spacial score (nSPS) is 16.6. The van der Waals surface area contributed by atoms with Crippen molar-refractivity contribution in [1.82, 2.24) is 0 Å². The van der Waals surface area contributed by atoms with Gasteiger partial charge in [0.15, 0.2) is 0 Å². The minimum atomic E-state index is -0.479. The fraction of sp³-hybridized carbons (Fsp3) is 0.312. The molecular formula is C16H19FN2. The summed E-state index contributed by atoms with van der Waals surface area (Å²) in [6.07, 6.45) is 7.46. The second-order valence-corrected chi connectivity index (χ2v) is 4.83. The van der Waals surface area contributed by atoms with Crippen LogP contribution in [0.5, 0.6) is 0 Å². The zero-order valence-electron chi connectivity index (χ0n) is 11.1. The third-order valence-electron chi connectivity index (χ3n) is 3.15. The first-order chi connectivity index (χ1) is 9.19. The Morgan fingerprint density at radius 2 is 2.00 bits per heavy atom. The molecule has 0 aromatic heterocycles. The molecule has 0 radical (unpaired) electrons. The molecule has 1 aliphatic heterocycles. The number of allylic oxidation sites excluding steroid dienone is 4. The van der Waals surface area contributed by atoms with Crippen LogP contribution in [0.1, 0.15) is 24.5 Å². The van der Waals surface area contributed by atoms with Crippen LogP contribution in [-0.4, -0.2) is 18.9 Å². The summed E-state index contributed by atoms with van der Waals surface area (Å²) in [7, 11) is 0. The van der Waals surface area contributed by atoms with Crippen LogP contribution in [0, 0.1) is 0 Å². The van der Waals surface area contributed by atoms with Gasteiger partial charge in [-0.15, -0.1) is 0 Å². The van der Waals surface area contributed by atoms with Gasteiger partial charge in [-0.05, 0) is 36.1 Å². The minimum Gasteiger partial charge on any atom is -0.325 e. The van der Waals surface area contributed by atoms with Crippen molar-refractivity contribution in [1.29, 1.82) is 0 Å². The van der Waals surface area contributed by atoms with Crippen LogP contribution in [0.25, 0.3) is 5.57 Å². The lowest BCUT2D eigenvalue weighted by Crippen LogP contribution is -2.24. The van der Waals surface area contributed by atoms with E-state index in [1.54, 1.807) is 0 Å². The van der Waals surface area contributed by atoms with Crippen LogP contribution in [-0.2, 0) is 6.42 Å². The van der Waals surface area contributed by atoms with Gasteiger partial charge in [-0.1, -0.05) is 30.3 Å². The maximum Gasteiger partial charge on any atom is 0.105 e. The molecule has 2 nitrogen and oxygen atoms in total. The highest BCUT2D eigenvalue weighted by atomic mass is 19.1. The van der Waals surface area contributed by atoms with Gasteiger partial charge < -0.3 is 5.73 Å². The monoisotopic (exact) mass is 258 g/mol. The van der Waals surface area contributed by atoms with Crippen molar-refractivity contribution in [3.05, 3.63) is 53.2 Å². The molecule has 0 fully saturated rings. The van der Waals surface area contributed by atoms with Gasteiger partial charge in [-0.25, -0.2) is 4.39 Å². The van der Waals surface area contributed by atoms with E-state index in [1.165, 1.54) is 11.1 Å². The molecule has 0 bridgehead atoms. The second kappa shape index (κ2) is 6.43. The number of nitrogens with two attached hydrogens (primary N) is 1.